The minimum Gasteiger partial charge on any atom is -0.395 e. The first-order valence-electron chi connectivity index (χ1n) is 5.55. The molecule has 3 nitrogen and oxygen atoms in total. The lowest BCUT2D eigenvalue weighted by Gasteiger charge is -2.24. The van der Waals surface area contributed by atoms with E-state index in [9.17, 15) is 5.11 Å². The van der Waals surface area contributed by atoms with Crippen molar-refractivity contribution >= 4 is 0 Å². The molecule has 2 heterocycles. The van der Waals surface area contributed by atoms with Crippen LogP contribution in [0.15, 0.2) is 24.5 Å². The number of hydrogen-bond acceptors (Lipinski definition) is 3. The second-order valence-corrected chi connectivity index (χ2v) is 4.35. The zero-order valence-corrected chi connectivity index (χ0v) is 9.13. The Morgan fingerprint density at radius 1 is 1.60 bits per heavy atom. The number of rotatable bonds is 3. The van der Waals surface area contributed by atoms with Crippen LogP contribution < -0.4 is 0 Å². The van der Waals surface area contributed by atoms with E-state index in [4.69, 9.17) is 0 Å². The van der Waals surface area contributed by atoms with Gasteiger partial charge < -0.3 is 5.11 Å². The minimum absolute atomic E-state index is 0.265. The molecule has 2 atom stereocenters. The highest BCUT2D eigenvalue weighted by molar-refractivity contribution is 5.09. The van der Waals surface area contributed by atoms with Gasteiger partial charge in [0.1, 0.15) is 0 Å². The fourth-order valence-corrected chi connectivity index (χ4v) is 2.31. The monoisotopic (exact) mass is 206 g/mol. The number of pyridine rings is 1. The van der Waals surface area contributed by atoms with Crippen molar-refractivity contribution in [1.82, 2.24) is 9.88 Å². The molecule has 1 saturated heterocycles. The lowest BCUT2D eigenvalue weighted by Crippen LogP contribution is -2.34. The Labute approximate surface area is 90.8 Å². The number of aliphatic hydroxyl groups excluding tert-OH is 1. The van der Waals surface area contributed by atoms with Gasteiger partial charge in [0.25, 0.3) is 0 Å². The number of hydrogen-bond donors (Lipinski definition) is 1. The molecule has 1 aliphatic heterocycles. The van der Waals surface area contributed by atoms with Crippen LogP contribution in [0.1, 0.15) is 18.9 Å². The molecular weight excluding hydrogens is 188 g/mol. The van der Waals surface area contributed by atoms with Gasteiger partial charge in [0.05, 0.1) is 6.61 Å². The molecule has 2 unspecified atom stereocenters. The Balaban J connectivity index is 2.00. The second-order valence-electron chi connectivity index (χ2n) is 4.35. The Morgan fingerprint density at radius 2 is 2.47 bits per heavy atom. The number of aromatic nitrogens is 1. The molecule has 1 aromatic heterocycles. The summed E-state index contributed by atoms with van der Waals surface area (Å²) in [6.45, 7) is 4.47. The predicted octanol–water partition coefficient (Wildman–Crippen LogP) is 1.28. The molecule has 0 bridgehead atoms. The number of aliphatic hydroxyl groups is 1. The van der Waals surface area contributed by atoms with Gasteiger partial charge in [-0.15, -0.1) is 0 Å². The van der Waals surface area contributed by atoms with Gasteiger partial charge in [0.15, 0.2) is 0 Å². The standard InChI is InChI=1S/C12H18N2O/c1-10-4-6-14(12(10)9-15)8-11-3-2-5-13-7-11/h2-3,5,7,10,12,15H,4,6,8-9H2,1H3. The van der Waals surface area contributed by atoms with Crippen LogP contribution in [0.3, 0.4) is 0 Å². The summed E-state index contributed by atoms with van der Waals surface area (Å²) in [7, 11) is 0. The smallest absolute Gasteiger partial charge is 0.0589 e. The molecule has 0 aliphatic carbocycles. The minimum atomic E-state index is 0.265. The van der Waals surface area contributed by atoms with E-state index >= 15 is 0 Å². The molecule has 0 spiro atoms. The van der Waals surface area contributed by atoms with Gasteiger partial charge in [-0.3, -0.25) is 9.88 Å². The maximum Gasteiger partial charge on any atom is 0.0589 e. The van der Waals surface area contributed by atoms with Crippen molar-refractivity contribution in [3.05, 3.63) is 30.1 Å². The highest BCUT2D eigenvalue weighted by Crippen LogP contribution is 2.24. The fraction of sp³-hybridized carbons (Fsp3) is 0.583. The molecule has 2 rings (SSSR count). The Kier molecular flexibility index (Phi) is 3.34. The second kappa shape index (κ2) is 4.73. The summed E-state index contributed by atoms with van der Waals surface area (Å²) in [4.78, 5) is 6.46. The zero-order chi connectivity index (χ0) is 10.7. The Hall–Kier alpha value is -0.930. The van der Waals surface area contributed by atoms with Crippen molar-refractivity contribution in [1.29, 1.82) is 0 Å². The van der Waals surface area contributed by atoms with Crippen LogP contribution in [-0.2, 0) is 6.54 Å². The number of likely N-dealkylation sites (tertiary alicyclic amines) is 1. The van der Waals surface area contributed by atoms with Gasteiger partial charge in [0.2, 0.25) is 0 Å². The van der Waals surface area contributed by atoms with Crippen LogP contribution in [0.5, 0.6) is 0 Å². The Morgan fingerprint density at radius 3 is 3.13 bits per heavy atom. The molecule has 0 saturated carbocycles. The first kappa shape index (κ1) is 10.6. The lowest BCUT2D eigenvalue weighted by atomic mass is 10.0. The van der Waals surface area contributed by atoms with E-state index < -0.39 is 0 Å². The third-order valence-corrected chi connectivity index (χ3v) is 3.29. The molecule has 15 heavy (non-hydrogen) atoms. The van der Waals surface area contributed by atoms with E-state index in [2.05, 4.69) is 22.9 Å². The molecule has 0 amide bonds. The van der Waals surface area contributed by atoms with E-state index in [1.54, 1.807) is 6.20 Å². The topological polar surface area (TPSA) is 36.4 Å². The first-order chi connectivity index (χ1) is 7.31. The molecule has 3 heteroatoms. The van der Waals surface area contributed by atoms with Crippen molar-refractivity contribution in [3.8, 4) is 0 Å². The van der Waals surface area contributed by atoms with Crippen LogP contribution in [-0.4, -0.2) is 34.2 Å². The van der Waals surface area contributed by atoms with E-state index in [-0.39, 0.29) is 6.61 Å². The summed E-state index contributed by atoms with van der Waals surface area (Å²) in [5.41, 5.74) is 1.23. The van der Waals surface area contributed by atoms with Gasteiger partial charge in [-0.05, 0) is 30.5 Å². The van der Waals surface area contributed by atoms with Crippen molar-refractivity contribution in [2.24, 2.45) is 5.92 Å². The zero-order valence-electron chi connectivity index (χ0n) is 9.13. The van der Waals surface area contributed by atoms with Gasteiger partial charge in [-0.25, -0.2) is 0 Å². The Bertz CT molecular complexity index is 302. The quantitative estimate of drug-likeness (QED) is 0.809. The van der Waals surface area contributed by atoms with Crippen LogP contribution in [0.2, 0.25) is 0 Å². The summed E-state index contributed by atoms with van der Waals surface area (Å²) < 4.78 is 0. The fourth-order valence-electron chi connectivity index (χ4n) is 2.31. The summed E-state index contributed by atoms with van der Waals surface area (Å²) in [5.74, 6) is 0.603. The molecule has 1 aliphatic rings. The summed E-state index contributed by atoms with van der Waals surface area (Å²) in [6.07, 6.45) is 4.88. The molecule has 0 aromatic carbocycles. The van der Waals surface area contributed by atoms with Crippen molar-refractivity contribution in [3.63, 3.8) is 0 Å². The van der Waals surface area contributed by atoms with E-state index in [1.165, 1.54) is 12.0 Å². The average Bonchev–Trinajstić information content (AvgIpc) is 2.61. The van der Waals surface area contributed by atoms with Crippen molar-refractivity contribution in [2.45, 2.75) is 25.9 Å². The maximum atomic E-state index is 9.33. The van der Waals surface area contributed by atoms with Crippen LogP contribution >= 0.6 is 0 Å². The van der Waals surface area contributed by atoms with Crippen LogP contribution in [0, 0.1) is 5.92 Å². The third kappa shape index (κ3) is 2.36. The maximum absolute atomic E-state index is 9.33. The summed E-state index contributed by atoms with van der Waals surface area (Å²) >= 11 is 0. The van der Waals surface area contributed by atoms with Gasteiger partial charge in [-0.2, -0.15) is 0 Å². The molecule has 1 N–H and O–H groups in total. The average molecular weight is 206 g/mol. The van der Waals surface area contributed by atoms with Crippen molar-refractivity contribution in [2.75, 3.05) is 13.2 Å². The third-order valence-electron chi connectivity index (χ3n) is 3.29. The van der Waals surface area contributed by atoms with Gasteiger partial charge in [0, 0.05) is 25.0 Å². The highest BCUT2D eigenvalue weighted by Gasteiger charge is 2.30. The first-order valence-corrected chi connectivity index (χ1v) is 5.55. The molecule has 1 aromatic rings. The molecular formula is C12H18N2O. The van der Waals surface area contributed by atoms with Crippen LogP contribution in [0.25, 0.3) is 0 Å². The van der Waals surface area contributed by atoms with Crippen LogP contribution in [0.4, 0.5) is 0 Å². The normalized spacial score (nSPS) is 27.1. The lowest BCUT2D eigenvalue weighted by molar-refractivity contribution is 0.134. The van der Waals surface area contributed by atoms with E-state index in [0.717, 1.165) is 13.1 Å². The van der Waals surface area contributed by atoms with Gasteiger partial charge in [-0.1, -0.05) is 13.0 Å². The SMILES string of the molecule is CC1CCN(Cc2cccnc2)C1CO. The number of nitrogens with zero attached hydrogens (tertiary/aromatic N) is 2. The highest BCUT2D eigenvalue weighted by atomic mass is 16.3. The molecule has 82 valence electrons. The van der Waals surface area contributed by atoms with E-state index in [0.29, 0.717) is 12.0 Å². The van der Waals surface area contributed by atoms with Gasteiger partial charge >= 0.3 is 0 Å². The van der Waals surface area contributed by atoms with Crippen molar-refractivity contribution < 1.29 is 5.11 Å². The molecule has 1 fully saturated rings. The predicted molar refractivity (Wildman–Crippen MR) is 59.3 cm³/mol. The molecule has 0 radical (unpaired) electrons. The summed E-state index contributed by atoms with van der Waals surface area (Å²) in [5, 5.41) is 9.33. The largest absolute Gasteiger partial charge is 0.395 e. The van der Waals surface area contributed by atoms with E-state index in [1.807, 2.05) is 12.3 Å². The summed E-state index contributed by atoms with van der Waals surface area (Å²) in [6, 6.07) is 4.37.